The molecule has 2 unspecified atom stereocenters. The first-order valence-electron chi connectivity index (χ1n) is 9.42. The van der Waals surface area contributed by atoms with Crippen LogP contribution in [0.5, 0.6) is 0 Å². The molecule has 0 radical (unpaired) electrons. The Kier molecular flexibility index (Phi) is 4.85. The first kappa shape index (κ1) is 17.0. The van der Waals surface area contributed by atoms with Gasteiger partial charge in [0.15, 0.2) is 0 Å². The van der Waals surface area contributed by atoms with Gasteiger partial charge in [-0.15, -0.1) is 0 Å². The largest absolute Gasteiger partial charge is 0.335 e. The van der Waals surface area contributed by atoms with Gasteiger partial charge < -0.3 is 4.57 Å². The van der Waals surface area contributed by atoms with Crippen molar-refractivity contribution in [1.29, 1.82) is 0 Å². The third kappa shape index (κ3) is 3.42. The fourth-order valence-electron chi connectivity index (χ4n) is 4.13. The van der Waals surface area contributed by atoms with Crippen LogP contribution in [-0.4, -0.2) is 32.5 Å². The summed E-state index contributed by atoms with van der Waals surface area (Å²) in [5.74, 6) is 1.64. The molecule has 3 aromatic rings. The number of pyridine rings is 1. The maximum absolute atomic E-state index is 4.38. The summed E-state index contributed by atoms with van der Waals surface area (Å²) in [4.78, 5) is 11.4. The summed E-state index contributed by atoms with van der Waals surface area (Å²) in [5.41, 5.74) is 4.18. The van der Waals surface area contributed by atoms with Crippen LogP contribution in [0.2, 0.25) is 0 Å². The van der Waals surface area contributed by atoms with Crippen molar-refractivity contribution >= 4 is 0 Å². The standard InChI is InChI=1S/C22H26N4/c1-17(15-25-13-11-24-18(25)2)16-26-12-9-19-6-3-4-8-21(19)22(26)20-7-5-10-23-14-20/h3-8,10-11,13-14,17,22H,9,12,15-16H2,1-2H3. The number of hydrogen-bond donors (Lipinski definition) is 0. The van der Waals surface area contributed by atoms with Gasteiger partial charge in [-0.1, -0.05) is 37.3 Å². The average Bonchev–Trinajstić information content (AvgIpc) is 3.06. The molecule has 3 heterocycles. The summed E-state index contributed by atoms with van der Waals surface area (Å²) >= 11 is 0. The van der Waals surface area contributed by atoms with E-state index in [0.29, 0.717) is 12.0 Å². The summed E-state index contributed by atoms with van der Waals surface area (Å²) in [6.07, 6.45) is 8.95. The maximum Gasteiger partial charge on any atom is 0.105 e. The summed E-state index contributed by atoms with van der Waals surface area (Å²) in [6.45, 7) is 7.56. The third-order valence-electron chi connectivity index (χ3n) is 5.36. The Balaban J connectivity index is 1.59. The Morgan fingerprint density at radius 3 is 2.77 bits per heavy atom. The van der Waals surface area contributed by atoms with Crippen LogP contribution in [0, 0.1) is 12.8 Å². The Morgan fingerprint density at radius 1 is 1.12 bits per heavy atom. The third-order valence-corrected chi connectivity index (χ3v) is 5.36. The van der Waals surface area contributed by atoms with Gasteiger partial charge in [0.1, 0.15) is 5.82 Å². The van der Waals surface area contributed by atoms with Crippen LogP contribution in [0.25, 0.3) is 0 Å². The fourth-order valence-corrected chi connectivity index (χ4v) is 4.13. The lowest BCUT2D eigenvalue weighted by molar-refractivity contribution is 0.177. The lowest BCUT2D eigenvalue weighted by Crippen LogP contribution is -2.39. The van der Waals surface area contributed by atoms with Crippen LogP contribution in [0.15, 0.2) is 61.2 Å². The Labute approximate surface area is 155 Å². The van der Waals surface area contributed by atoms with Crippen molar-refractivity contribution in [2.75, 3.05) is 13.1 Å². The molecule has 4 rings (SSSR count). The molecule has 1 aliphatic heterocycles. The van der Waals surface area contributed by atoms with Crippen molar-refractivity contribution in [2.24, 2.45) is 5.92 Å². The van der Waals surface area contributed by atoms with Crippen LogP contribution >= 0.6 is 0 Å². The average molecular weight is 346 g/mol. The van der Waals surface area contributed by atoms with E-state index in [1.54, 1.807) is 0 Å². The van der Waals surface area contributed by atoms with Crippen molar-refractivity contribution in [3.8, 4) is 0 Å². The number of aryl methyl sites for hydroxylation is 1. The molecule has 2 atom stereocenters. The van der Waals surface area contributed by atoms with Crippen molar-refractivity contribution in [3.63, 3.8) is 0 Å². The van der Waals surface area contributed by atoms with Gasteiger partial charge in [0, 0.05) is 44.4 Å². The molecule has 0 N–H and O–H groups in total. The minimum Gasteiger partial charge on any atom is -0.335 e. The molecule has 0 aliphatic carbocycles. The molecule has 0 amide bonds. The van der Waals surface area contributed by atoms with E-state index in [4.69, 9.17) is 0 Å². The van der Waals surface area contributed by atoms with E-state index < -0.39 is 0 Å². The SMILES string of the molecule is Cc1nccn1CC(C)CN1CCc2ccccc2C1c1cccnc1. The van der Waals surface area contributed by atoms with E-state index >= 15 is 0 Å². The first-order valence-corrected chi connectivity index (χ1v) is 9.42. The summed E-state index contributed by atoms with van der Waals surface area (Å²) < 4.78 is 2.25. The van der Waals surface area contributed by atoms with E-state index in [2.05, 4.69) is 69.8 Å². The van der Waals surface area contributed by atoms with Gasteiger partial charge >= 0.3 is 0 Å². The Bertz CT molecular complexity index is 855. The second kappa shape index (κ2) is 7.42. The summed E-state index contributed by atoms with van der Waals surface area (Å²) in [7, 11) is 0. The number of fused-ring (bicyclic) bond motifs is 1. The lowest BCUT2D eigenvalue weighted by atomic mass is 9.88. The normalized spacial score (nSPS) is 18.5. The molecule has 1 aromatic carbocycles. The second-order valence-electron chi connectivity index (χ2n) is 7.36. The zero-order valence-electron chi connectivity index (χ0n) is 15.5. The minimum atomic E-state index is 0.292. The van der Waals surface area contributed by atoms with Gasteiger partial charge in [0.2, 0.25) is 0 Å². The number of benzene rings is 1. The molecule has 0 saturated carbocycles. The molecule has 0 fully saturated rings. The van der Waals surface area contributed by atoms with E-state index in [-0.39, 0.29) is 0 Å². The van der Waals surface area contributed by atoms with Crippen molar-refractivity contribution < 1.29 is 0 Å². The van der Waals surface area contributed by atoms with Crippen LogP contribution in [0.3, 0.4) is 0 Å². The molecule has 0 spiro atoms. The molecule has 4 nitrogen and oxygen atoms in total. The van der Waals surface area contributed by atoms with Crippen molar-refractivity contribution in [3.05, 3.63) is 83.7 Å². The van der Waals surface area contributed by atoms with Crippen molar-refractivity contribution in [1.82, 2.24) is 19.4 Å². The number of hydrogen-bond acceptors (Lipinski definition) is 3. The highest BCUT2D eigenvalue weighted by molar-refractivity contribution is 5.38. The van der Waals surface area contributed by atoms with Gasteiger partial charge in [0.25, 0.3) is 0 Å². The summed E-state index contributed by atoms with van der Waals surface area (Å²) in [6, 6.07) is 13.4. The number of aromatic nitrogens is 3. The maximum atomic E-state index is 4.38. The van der Waals surface area contributed by atoms with E-state index in [1.807, 2.05) is 24.7 Å². The number of nitrogens with zero attached hydrogens (tertiary/aromatic N) is 4. The van der Waals surface area contributed by atoms with E-state index in [9.17, 15) is 0 Å². The topological polar surface area (TPSA) is 34.0 Å². The van der Waals surface area contributed by atoms with Gasteiger partial charge in [-0.25, -0.2) is 4.98 Å². The predicted octanol–water partition coefficient (Wildman–Crippen LogP) is 3.87. The molecular weight excluding hydrogens is 320 g/mol. The zero-order valence-corrected chi connectivity index (χ0v) is 15.5. The Hall–Kier alpha value is -2.46. The van der Waals surface area contributed by atoms with Gasteiger partial charge in [-0.2, -0.15) is 0 Å². The highest BCUT2D eigenvalue weighted by atomic mass is 15.2. The highest BCUT2D eigenvalue weighted by Gasteiger charge is 2.29. The van der Waals surface area contributed by atoms with E-state index in [0.717, 1.165) is 31.9 Å². The Morgan fingerprint density at radius 2 is 2.00 bits per heavy atom. The second-order valence-corrected chi connectivity index (χ2v) is 7.36. The van der Waals surface area contributed by atoms with Crippen LogP contribution in [0.4, 0.5) is 0 Å². The predicted molar refractivity (Wildman–Crippen MR) is 104 cm³/mol. The van der Waals surface area contributed by atoms with Gasteiger partial charge in [-0.3, -0.25) is 9.88 Å². The first-order chi connectivity index (χ1) is 12.7. The lowest BCUT2D eigenvalue weighted by Gasteiger charge is -2.39. The quantitative estimate of drug-likeness (QED) is 0.703. The molecule has 4 heteroatoms. The van der Waals surface area contributed by atoms with Crippen LogP contribution < -0.4 is 0 Å². The molecular formula is C22H26N4. The molecule has 0 saturated heterocycles. The van der Waals surface area contributed by atoms with Gasteiger partial charge in [-0.05, 0) is 42.0 Å². The molecule has 26 heavy (non-hydrogen) atoms. The highest BCUT2D eigenvalue weighted by Crippen LogP contribution is 2.35. The summed E-state index contributed by atoms with van der Waals surface area (Å²) in [5, 5.41) is 0. The molecule has 0 bridgehead atoms. The monoisotopic (exact) mass is 346 g/mol. The van der Waals surface area contributed by atoms with Crippen molar-refractivity contribution in [2.45, 2.75) is 32.9 Å². The molecule has 2 aromatic heterocycles. The number of imidazole rings is 1. The molecule has 134 valence electrons. The fraction of sp³-hybridized carbons (Fsp3) is 0.364. The molecule has 1 aliphatic rings. The zero-order chi connectivity index (χ0) is 17.9. The van der Waals surface area contributed by atoms with Gasteiger partial charge in [0.05, 0.1) is 6.04 Å². The van der Waals surface area contributed by atoms with Crippen LogP contribution in [0.1, 0.15) is 35.5 Å². The number of rotatable bonds is 5. The van der Waals surface area contributed by atoms with Crippen LogP contribution in [-0.2, 0) is 13.0 Å². The smallest absolute Gasteiger partial charge is 0.105 e. The van der Waals surface area contributed by atoms with E-state index in [1.165, 1.54) is 16.7 Å². The minimum absolute atomic E-state index is 0.292.